The van der Waals surface area contributed by atoms with Crippen LogP contribution in [-0.4, -0.2) is 18.1 Å². The van der Waals surface area contributed by atoms with Crippen molar-refractivity contribution in [2.45, 2.75) is 13.8 Å². The zero-order chi connectivity index (χ0) is 23.5. The Bertz CT molecular complexity index is 1420. The summed E-state index contributed by atoms with van der Waals surface area (Å²) in [6.45, 7) is 3.87. The van der Waals surface area contributed by atoms with Gasteiger partial charge in [-0.05, 0) is 62.5 Å². The summed E-state index contributed by atoms with van der Waals surface area (Å²) >= 11 is 5.31. The van der Waals surface area contributed by atoms with E-state index in [1.165, 1.54) is 7.11 Å². The first-order valence-electron chi connectivity index (χ1n) is 10.3. The fourth-order valence-corrected chi connectivity index (χ4v) is 3.90. The summed E-state index contributed by atoms with van der Waals surface area (Å²) < 4.78 is 11.0. The number of para-hydroxylation sites is 1. The molecule has 0 radical (unpaired) electrons. The second-order valence-corrected chi connectivity index (χ2v) is 8.09. The number of aryl methyl sites for hydroxylation is 2. The van der Waals surface area contributed by atoms with Crippen LogP contribution in [0.1, 0.15) is 21.5 Å². The van der Waals surface area contributed by atoms with Crippen molar-refractivity contribution in [1.82, 2.24) is 5.32 Å². The predicted octanol–water partition coefficient (Wildman–Crippen LogP) is 5.21. The maximum absolute atomic E-state index is 12.6. The second kappa shape index (κ2) is 9.26. The van der Waals surface area contributed by atoms with Crippen LogP contribution in [0.25, 0.3) is 22.1 Å². The third-order valence-electron chi connectivity index (χ3n) is 5.10. The fourth-order valence-electron chi connectivity index (χ4n) is 3.68. The van der Waals surface area contributed by atoms with E-state index in [1.54, 1.807) is 42.5 Å². The molecule has 33 heavy (non-hydrogen) atoms. The largest absolute Gasteiger partial charge is 0.496 e. The van der Waals surface area contributed by atoms with Crippen molar-refractivity contribution in [2.75, 3.05) is 12.4 Å². The van der Waals surface area contributed by atoms with Crippen LogP contribution in [0.4, 0.5) is 5.69 Å². The number of fused-ring (bicyclic) bond motifs is 1. The Balaban J connectivity index is 1.56. The van der Waals surface area contributed by atoms with Gasteiger partial charge >= 0.3 is 5.63 Å². The van der Waals surface area contributed by atoms with E-state index in [0.717, 1.165) is 16.5 Å². The van der Waals surface area contributed by atoms with E-state index in [4.69, 9.17) is 21.4 Å². The quantitative estimate of drug-likeness (QED) is 0.323. The third kappa shape index (κ3) is 4.94. The monoisotopic (exact) mass is 458 g/mol. The second-order valence-electron chi connectivity index (χ2n) is 7.69. The lowest BCUT2D eigenvalue weighted by molar-refractivity contribution is 0.0977. The molecule has 0 aliphatic carbocycles. The zero-order valence-corrected chi connectivity index (χ0v) is 19.2. The number of ether oxygens (including phenoxy) is 1. The fraction of sp³-hybridized carbons (Fsp3) is 0.115. The van der Waals surface area contributed by atoms with Gasteiger partial charge in [0.25, 0.3) is 5.91 Å². The van der Waals surface area contributed by atoms with E-state index in [9.17, 15) is 9.59 Å². The highest BCUT2D eigenvalue weighted by Gasteiger charge is 2.14. The number of carbonyl (C=O) groups is 1. The lowest BCUT2D eigenvalue weighted by Crippen LogP contribution is -2.34. The van der Waals surface area contributed by atoms with Gasteiger partial charge in [-0.25, -0.2) is 4.79 Å². The highest BCUT2D eigenvalue weighted by Crippen LogP contribution is 2.32. The molecule has 0 aliphatic heterocycles. The van der Waals surface area contributed by atoms with E-state index < -0.39 is 5.63 Å². The van der Waals surface area contributed by atoms with Crippen molar-refractivity contribution in [1.29, 1.82) is 0 Å². The summed E-state index contributed by atoms with van der Waals surface area (Å²) in [4.78, 5) is 25.1. The number of amides is 1. The number of thiocarbonyl (C=S) groups is 1. The molecule has 3 aromatic carbocycles. The third-order valence-corrected chi connectivity index (χ3v) is 5.31. The van der Waals surface area contributed by atoms with Gasteiger partial charge in [0.15, 0.2) is 5.11 Å². The Hall–Kier alpha value is -3.97. The van der Waals surface area contributed by atoms with Crippen molar-refractivity contribution in [3.05, 3.63) is 93.8 Å². The molecular formula is C26H22N2O4S. The number of carbonyl (C=O) groups excluding carboxylic acids is 1. The molecule has 0 saturated heterocycles. The molecule has 0 saturated carbocycles. The number of methoxy groups -OCH3 is 1. The molecule has 6 nitrogen and oxygen atoms in total. The first-order chi connectivity index (χ1) is 15.8. The predicted molar refractivity (Wildman–Crippen MR) is 134 cm³/mol. The topological polar surface area (TPSA) is 80.6 Å². The highest BCUT2D eigenvalue weighted by molar-refractivity contribution is 7.80. The van der Waals surface area contributed by atoms with Crippen molar-refractivity contribution in [2.24, 2.45) is 0 Å². The summed E-state index contributed by atoms with van der Waals surface area (Å²) in [6.07, 6.45) is 0. The smallest absolute Gasteiger partial charge is 0.344 e. The number of nitrogens with one attached hydrogen (secondary N) is 2. The van der Waals surface area contributed by atoms with Crippen LogP contribution in [0, 0.1) is 13.8 Å². The molecular weight excluding hydrogens is 436 g/mol. The Labute approximate surface area is 196 Å². The van der Waals surface area contributed by atoms with Crippen LogP contribution in [-0.2, 0) is 0 Å². The summed E-state index contributed by atoms with van der Waals surface area (Å²) in [5, 5.41) is 6.64. The molecule has 1 amide bonds. The summed E-state index contributed by atoms with van der Waals surface area (Å²) in [6, 6.07) is 19.9. The normalized spacial score (nSPS) is 10.6. The first-order valence-corrected chi connectivity index (χ1v) is 10.7. The molecule has 4 aromatic rings. The number of rotatable bonds is 4. The van der Waals surface area contributed by atoms with E-state index in [-0.39, 0.29) is 11.0 Å². The Morgan fingerprint density at radius 1 is 0.939 bits per heavy atom. The standard InChI is InChI=1S/C26H22N2O4S/c1-15-10-16(2)12-18(11-15)24(29)28-26(33)27-19-8-9-20(23(14-19)31-3)21-13-17-6-4-5-7-22(17)32-25(21)30/h4-14H,1-3H3,(H2,27,28,29,33). The number of hydrogen-bond donors (Lipinski definition) is 2. The van der Waals surface area contributed by atoms with Crippen LogP contribution in [0.5, 0.6) is 5.75 Å². The molecule has 7 heteroatoms. The van der Waals surface area contributed by atoms with Gasteiger partial charge in [0.1, 0.15) is 11.3 Å². The van der Waals surface area contributed by atoms with Gasteiger partial charge < -0.3 is 14.5 Å². The van der Waals surface area contributed by atoms with Gasteiger partial charge in [0.2, 0.25) is 0 Å². The van der Waals surface area contributed by atoms with Crippen LogP contribution in [0.2, 0.25) is 0 Å². The lowest BCUT2D eigenvalue weighted by Gasteiger charge is -2.13. The van der Waals surface area contributed by atoms with Crippen LogP contribution in [0.15, 0.2) is 75.9 Å². The van der Waals surface area contributed by atoms with E-state index in [2.05, 4.69) is 10.6 Å². The average Bonchev–Trinajstić information content (AvgIpc) is 2.78. The zero-order valence-electron chi connectivity index (χ0n) is 18.4. The van der Waals surface area contributed by atoms with Crippen LogP contribution >= 0.6 is 12.2 Å². The van der Waals surface area contributed by atoms with Crippen molar-refractivity contribution >= 4 is 39.9 Å². The van der Waals surface area contributed by atoms with Crippen molar-refractivity contribution in [3.63, 3.8) is 0 Å². The van der Waals surface area contributed by atoms with E-state index in [1.807, 2.05) is 38.1 Å². The number of anilines is 1. The lowest BCUT2D eigenvalue weighted by atomic mass is 10.0. The Morgan fingerprint density at radius 3 is 2.39 bits per heavy atom. The van der Waals surface area contributed by atoms with Gasteiger partial charge in [0, 0.05) is 28.3 Å². The molecule has 2 N–H and O–H groups in total. The molecule has 0 atom stereocenters. The van der Waals surface area contributed by atoms with Gasteiger partial charge in [-0.15, -0.1) is 0 Å². The summed E-state index contributed by atoms with van der Waals surface area (Å²) in [5.41, 5.74) is 4.18. The molecule has 0 aliphatic rings. The molecule has 0 fully saturated rings. The molecule has 0 spiro atoms. The molecule has 1 heterocycles. The first kappa shape index (κ1) is 22.2. The Morgan fingerprint density at radius 2 is 1.67 bits per heavy atom. The Kier molecular flexibility index (Phi) is 6.24. The van der Waals surface area contributed by atoms with Crippen molar-refractivity contribution < 1.29 is 13.9 Å². The van der Waals surface area contributed by atoms with E-state index in [0.29, 0.717) is 33.7 Å². The molecule has 1 aromatic heterocycles. The molecule has 4 rings (SSSR count). The number of benzene rings is 3. The minimum atomic E-state index is -0.455. The van der Waals surface area contributed by atoms with E-state index >= 15 is 0 Å². The molecule has 166 valence electrons. The maximum Gasteiger partial charge on any atom is 0.344 e. The maximum atomic E-state index is 12.6. The van der Waals surface area contributed by atoms with Gasteiger partial charge in [0.05, 0.1) is 12.7 Å². The van der Waals surface area contributed by atoms with Gasteiger partial charge in [-0.2, -0.15) is 0 Å². The number of hydrogen-bond acceptors (Lipinski definition) is 5. The minimum Gasteiger partial charge on any atom is -0.496 e. The summed E-state index contributed by atoms with van der Waals surface area (Å²) in [5.74, 6) is 0.169. The molecule has 0 bridgehead atoms. The van der Waals surface area contributed by atoms with Crippen LogP contribution < -0.4 is 21.0 Å². The molecule has 0 unspecified atom stereocenters. The average molecular weight is 459 g/mol. The minimum absolute atomic E-state index is 0.152. The van der Waals surface area contributed by atoms with Gasteiger partial charge in [-0.3, -0.25) is 10.1 Å². The summed E-state index contributed by atoms with van der Waals surface area (Å²) in [7, 11) is 1.52. The SMILES string of the molecule is COc1cc(NC(=S)NC(=O)c2cc(C)cc(C)c2)ccc1-c1cc2ccccc2oc1=O. The van der Waals surface area contributed by atoms with Crippen molar-refractivity contribution in [3.8, 4) is 16.9 Å². The van der Waals surface area contributed by atoms with Crippen LogP contribution in [0.3, 0.4) is 0 Å². The van der Waals surface area contributed by atoms with Gasteiger partial charge in [-0.1, -0.05) is 35.4 Å². The highest BCUT2D eigenvalue weighted by atomic mass is 32.1.